The van der Waals surface area contributed by atoms with E-state index >= 15 is 0 Å². The highest BCUT2D eigenvalue weighted by Gasteiger charge is 2.22. The maximum atomic E-state index is 7.42. The summed E-state index contributed by atoms with van der Waals surface area (Å²) in [5, 5.41) is 7.42. The van der Waals surface area contributed by atoms with Crippen molar-refractivity contribution in [3.63, 3.8) is 0 Å². The molecule has 1 aliphatic carbocycles. The largest absolute Gasteiger partial charge is 0.385 e. The van der Waals surface area contributed by atoms with Crippen LogP contribution in [-0.2, 0) is 4.74 Å². The molecule has 1 saturated carbocycles. The fourth-order valence-electron chi connectivity index (χ4n) is 3.24. The van der Waals surface area contributed by atoms with Crippen molar-refractivity contribution in [2.45, 2.75) is 44.4 Å². The zero-order valence-electron chi connectivity index (χ0n) is 12.4. The van der Waals surface area contributed by atoms with Crippen LogP contribution in [0.25, 0.3) is 0 Å². The first kappa shape index (κ1) is 15.0. The summed E-state index contributed by atoms with van der Waals surface area (Å²) >= 11 is 0. The minimum atomic E-state index is 0.151. The van der Waals surface area contributed by atoms with Crippen molar-refractivity contribution in [2.75, 3.05) is 13.7 Å². The molecule has 0 saturated heterocycles. The lowest BCUT2D eigenvalue weighted by Crippen LogP contribution is -2.14. The van der Waals surface area contributed by atoms with E-state index in [1.54, 1.807) is 7.11 Å². The summed E-state index contributed by atoms with van der Waals surface area (Å²) in [6.07, 6.45) is 7.75. The van der Waals surface area contributed by atoms with Crippen LogP contribution in [0.3, 0.4) is 0 Å². The molecule has 1 aliphatic rings. The molecule has 0 atom stereocenters. The first-order chi connectivity index (χ1) is 9.70. The van der Waals surface area contributed by atoms with Gasteiger partial charge in [0.2, 0.25) is 0 Å². The molecule has 1 aromatic rings. The van der Waals surface area contributed by atoms with Crippen molar-refractivity contribution in [1.82, 2.24) is 0 Å². The van der Waals surface area contributed by atoms with Crippen molar-refractivity contribution in [2.24, 2.45) is 11.7 Å². The Morgan fingerprint density at radius 3 is 2.40 bits per heavy atom. The second-order valence-corrected chi connectivity index (χ2v) is 5.89. The number of hydrogen-bond acceptors (Lipinski definition) is 2. The standard InChI is InChI=1S/C17H26N2O/c1-20-12-2-3-13-4-6-14(7-5-13)15-8-10-16(11-9-15)17(18)19/h8-11,13-14H,2-7,12H2,1H3,(H3,18,19). The lowest BCUT2D eigenvalue weighted by Gasteiger charge is -2.29. The molecule has 110 valence electrons. The van der Waals surface area contributed by atoms with Crippen LogP contribution in [0.1, 0.15) is 55.6 Å². The average Bonchev–Trinajstić information content (AvgIpc) is 2.48. The van der Waals surface area contributed by atoms with Gasteiger partial charge in [-0.1, -0.05) is 24.3 Å². The van der Waals surface area contributed by atoms with Crippen LogP contribution in [0.2, 0.25) is 0 Å². The van der Waals surface area contributed by atoms with E-state index in [0.29, 0.717) is 5.92 Å². The van der Waals surface area contributed by atoms with Gasteiger partial charge in [0.15, 0.2) is 0 Å². The molecule has 0 unspecified atom stereocenters. The Labute approximate surface area is 122 Å². The van der Waals surface area contributed by atoms with Crippen LogP contribution in [0.4, 0.5) is 0 Å². The van der Waals surface area contributed by atoms with Gasteiger partial charge in [-0.3, -0.25) is 5.41 Å². The molecule has 0 radical (unpaired) electrons. The molecule has 20 heavy (non-hydrogen) atoms. The molecule has 1 aromatic carbocycles. The molecule has 1 fully saturated rings. The van der Waals surface area contributed by atoms with E-state index in [1.165, 1.54) is 44.1 Å². The van der Waals surface area contributed by atoms with E-state index in [0.717, 1.165) is 18.1 Å². The number of methoxy groups -OCH3 is 1. The highest BCUT2D eigenvalue weighted by Crippen LogP contribution is 2.37. The Kier molecular flexibility index (Phi) is 5.60. The molecular formula is C17H26N2O. The minimum absolute atomic E-state index is 0.151. The highest BCUT2D eigenvalue weighted by atomic mass is 16.5. The summed E-state index contributed by atoms with van der Waals surface area (Å²) in [7, 11) is 1.78. The summed E-state index contributed by atoms with van der Waals surface area (Å²) in [5.74, 6) is 1.73. The van der Waals surface area contributed by atoms with Crippen molar-refractivity contribution in [3.05, 3.63) is 35.4 Å². The molecule has 0 aliphatic heterocycles. The number of nitrogen functional groups attached to an aromatic ring is 1. The third-order valence-corrected chi connectivity index (χ3v) is 4.50. The number of nitrogens with one attached hydrogen (secondary N) is 1. The van der Waals surface area contributed by atoms with E-state index in [-0.39, 0.29) is 5.84 Å². The third kappa shape index (κ3) is 4.07. The zero-order chi connectivity index (χ0) is 14.4. The summed E-state index contributed by atoms with van der Waals surface area (Å²) in [4.78, 5) is 0. The molecule has 3 nitrogen and oxygen atoms in total. The van der Waals surface area contributed by atoms with Crippen molar-refractivity contribution in [3.8, 4) is 0 Å². The Hall–Kier alpha value is -1.35. The van der Waals surface area contributed by atoms with Crippen molar-refractivity contribution >= 4 is 5.84 Å². The molecule has 3 heteroatoms. The van der Waals surface area contributed by atoms with Crippen LogP contribution in [0.15, 0.2) is 24.3 Å². The molecular weight excluding hydrogens is 248 g/mol. The van der Waals surface area contributed by atoms with Crippen molar-refractivity contribution in [1.29, 1.82) is 5.41 Å². The Balaban J connectivity index is 1.82. The van der Waals surface area contributed by atoms with Gasteiger partial charge in [-0.25, -0.2) is 0 Å². The number of nitrogens with two attached hydrogens (primary N) is 1. The van der Waals surface area contributed by atoms with Gasteiger partial charge in [0.25, 0.3) is 0 Å². The van der Waals surface area contributed by atoms with Gasteiger partial charge in [0.1, 0.15) is 5.84 Å². The zero-order valence-corrected chi connectivity index (χ0v) is 12.4. The highest BCUT2D eigenvalue weighted by molar-refractivity contribution is 5.94. The average molecular weight is 274 g/mol. The van der Waals surface area contributed by atoms with Gasteiger partial charge in [-0.2, -0.15) is 0 Å². The predicted octanol–water partition coefficient (Wildman–Crippen LogP) is 3.67. The third-order valence-electron chi connectivity index (χ3n) is 4.50. The second kappa shape index (κ2) is 7.44. The monoisotopic (exact) mass is 274 g/mol. The SMILES string of the molecule is COCCCC1CCC(c2ccc(C(=N)N)cc2)CC1. The van der Waals surface area contributed by atoms with Crippen LogP contribution in [-0.4, -0.2) is 19.6 Å². The van der Waals surface area contributed by atoms with Crippen LogP contribution in [0.5, 0.6) is 0 Å². The number of benzene rings is 1. The van der Waals surface area contributed by atoms with Gasteiger partial charge in [0.05, 0.1) is 0 Å². The Bertz CT molecular complexity index is 419. The van der Waals surface area contributed by atoms with Gasteiger partial charge < -0.3 is 10.5 Å². The maximum Gasteiger partial charge on any atom is 0.122 e. The number of rotatable bonds is 6. The number of ether oxygens (including phenoxy) is 1. The fourth-order valence-corrected chi connectivity index (χ4v) is 3.24. The molecule has 0 bridgehead atoms. The smallest absolute Gasteiger partial charge is 0.122 e. The Morgan fingerprint density at radius 2 is 1.85 bits per heavy atom. The van der Waals surface area contributed by atoms with E-state index in [9.17, 15) is 0 Å². The lowest BCUT2D eigenvalue weighted by atomic mass is 9.77. The van der Waals surface area contributed by atoms with Crippen molar-refractivity contribution < 1.29 is 4.74 Å². The second-order valence-electron chi connectivity index (χ2n) is 5.89. The normalized spacial score (nSPS) is 22.6. The van der Waals surface area contributed by atoms with Gasteiger partial charge >= 0.3 is 0 Å². The van der Waals surface area contributed by atoms with Crippen LogP contribution >= 0.6 is 0 Å². The van der Waals surface area contributed by atoms with E-state index in [2.05, 4.69) is 12.1 Å². The predicted molar refractivity (Wildman–Crippen MR) is 83.3 cm³/mol. The topological polar surface area (TPSA) is 59.1 Å². The summed E-state index contributed by atoms with van der Waals surface area (Å²) < 4.78 is 5.13. The summed E-state index contributed by atoms with van der Waals surface area (Å²) in [6.45, 7) is 0.895. The van der Waals surface area contributed by atoms with Crippen LogP contribution in [0, 0.1) is 11.3 Å². The van der Waals surface area contributed by atoms with Gasteiger partial charge in [-0.05, 0) is 55.9 Å². The lowest BCUT2D eigenvalue weighted by molar-refractivity contribution is 0.180. The molecule has 0 heterocycles. The summed E-state index contributed by atoms with van der Waals surface area (Å²) in [5.41, 5.74) is 7.72. The summed E-state index contributed by atoms with van der Waals surface area (Å²) in [6, 6.07) is 8.24. The molecule has 3 N–H and O–H groups in total. The quantitative estimate of drug-likeness (QED) is 0.472. The Morgan fingerprint density at radius 1 is 1.20 bits per heavy atom. The van der Waals surface area contributed by atoms with Gasteiger partial charge in [0, 0.05) is 19.3 Å². The molecule has 0 spiro atoms. The fraction of sp³-hybridized carbons (Fsp3) is 0.588. The van der Waals surface area contributed by atoms with Gasteiger partial charge in [-0.15, -0.1) is 0 Å². The minimum Gasteiger partial charge on any atom is -0.385 e. The van der Waals surface area contributed by atoms with E-state index < -0.39 is 0 Å². The molecule has 0 aromatic heterocycles. The molecule has 2 rings (SSSR count). The molecule has 0 amide bonds. The number of amidine groups is 1. The van der Waals surface area contributed by atoms with Crippen LogP contribution < -0.4 is 5.73 Å². The number of hydrogen-bond donors (Lipinski definition) is 2. The van der Waals surface area contributed by atoms with E-state index in [1.807, 2.05) is 12.1 Å². The first-order valence-electron chi connectivity index (χ1n) is 7.64. The van der Waals surface area contributed by atoms with E-state index in [4.69, 9.17) is 15.9 Å². The first-order valence-corrected chi connectivity index (χ1v) is 7.64. The maximum absolute atomic E-state index is 7.42.